The number of rotatable bonds is 1. The molecule has 2 aliphatic rings. The molecule has 0 aromatic carbocycles. The monoisotopic (exact) mass is 181 g/mol. The molecular formula is C9H15N3O. The van der Waals surface area contributed by atoms with E-state index < -0.39 is 0 Å². The Kier molecular flexibility index (Phi) is 2.07. The third kappa shape index (κ3) is 1.25. The van der Waals surface area contributed by atoms with Crippen LogP contribution < -0.4 is 5.32 Å². The van der Waals surface area contributed by atoms with Gasteiger partial charge in [0.15, 0.2) is 0 Å². The molecule has 0 radical (unpaired) electrons. The molecule has 1 spiro atoms. The van der Waals surface area contributed by atoms with Crippen LogP contribution in [0.15, 0.2) is 5.10 Å². The van der Waals surface area contributed by atoms with E-state index in [9.17, 15) is 4.79 Å². The largest absolute Gasteiger partial charge is 0.317 e. The molecule has 0 bridgehead atoms. The molecular weight excluding hydrogens is 166 g/mol. The van der Waals surface area contributed by atoms with E-state index in [0.29, 0.717) is 6.54 Å². The van der Waals surface area contributed by atoms with Crippen molar-refractivity contribution in [1.82, 2.24) is 10.3 Å². The molecule has 72 valence electrons. The predicted molar refractivity (Wildman–Crippen MR) is 50.4 cm³/mol. The number of hydrogen-bond donors (Lipinski definition) is 1. The van der Waals surface area contributed by atoms with E-state index in [4.69, 9.17) is 0 Å². The predicted octanol–water partition coefficient (Wildman–Crippen LogP) is 0.204. The lowest BCUT2D eigenvalue weighted by atomic mass is 9.80. The van der Waals surface area contributed by atoms with Gasteiger partial charge in [0.25, 0.3) is 5.91 Å². The summed E-state index contributed by atoms with van der Waals surface area (Å²) in [5.74, 6) is 0.191. The Balaban J connectivity index is 2.16. The molecule has 0 saturated carbocycles. The first kappa shape index (κ1) is 8.69. The van der Waals surface area contributed by atoms with Crippen LogP contribution in [0.3, 0.4) is 0 Å². The molecule has 4 nitrogen and oxygen atoms in total. The first-order valence-electron chi connectivity index (χ1n) is 4.86. The van der Waals surface area contributed by atoms with Crippen molar-refractivity contribution in [3.63, 3.8) is 0 Å². The van der Waals surface area contributed by atoms with Gasteiger partial charge in [0, 0.05) is 12.8 Å². The number of carbonyl (C=O) groups excluding carboxylic acids is 1. The second kappa shape index (κ2) is 3.10. The zero-order valence-corrected chi connectivity index (χ0v) is 7.92. The summed E-state index contributed by atoms with van der Waals surface area (Å²) in [6.45, 7) is 4.49. The van der Waals surface area contributed by atoms with Crippen LogP contribution in [0.5, 0.6) is 0 Å². The Labute approximate surface area is 78.0 Å². The number of nitrogens with zero attached hydrogens (tertiary/aromatic N) is 2. The maximum Gasteiger partial charge on any atom is 0.254 e. The summed E-state index contributed by atoms with van der Waals surface area (Å²) in [6, 6.07) is 0. The van der Waals surface area contributed by atoms with Crippen molar-refractivity contribution in [1.29, 1.82) is 0 Å². The van der Waals surface area contributed by atoms with E-state index in [1.54, 1.807) is 5.01 Å². The molecule has 13 heavy (non-hydrogen) atoms. The minimum Gasteiger partial charge on any atom is -0.317 e. The number of hydrazone groups is 1. The number of amides is 1. The number of nitrogens with one attached hydrogen (secondary N) is 1. The van der Waals surface area contributed by atoms with Gasteiger partial charge in [0.1, 0.15) is 0 Å². The van der Waals surface area contributed by atoms with Gasteiger partial charge in [-0.1, -0.05) is 0 Å². The lowest BCUT2D eigenvalue weighted by Crippen LogP contribution is -2.44. The molecule has 2 heterocycles. The summed E-state index contributed by atoms with van der Waals surface area (Å²) >= 11 is 0. The van der Waals surface area contributed by atoms with Crippen LogP contribution >= 0.6 is 0 Å². The maximum absolute atomic E-state index is 11.9. The number of carbonyl (C=O) groups is 1. The zero-order chi connectivity index (χ0) is 9.31. The van der Waals surface area contributed by atoms with E-state index in [-0.39, 0.29) is 11.3 Å². The standard InChI is InChI=1S/C9H15N3O/c1-2-12-8(13)9(7-11-12)3-5-10-6-4-9/h7,10H,2-6H2,1H3. The number of piperidine rings is 1. The maximum atomic E-state index is 11.9. The molecule has 1 saturated heterocycles. The Morgan fingerprint density at radius 2 is 2.31 bits per heavy atom. The van der Waals surface area contributed by atoms with Crippen LogP contribution in [0.25, 0.3) is 0 Å². The molecule has 1 N–H and O–H groups in total. The molecule has 0 aromatic rings. The molecule has 4 heteroatoms. The van der Waals surface area contributed by atoms with Crippen molar-refractivity contribution >= 4 is 12.1 Å². The number of hydrogen-bond acceptors (Lipinski definition) is 3. The molecule has 0 unspecified atom stereocenters. The fourth-order valence-corrected chi connectivity index (χ4v) is 1.99. The van der Waals surface area contributed by atoms with Crippen LogP contribution in [0.1, 0.15) is 19.8 Å². The molecule has 2 rings (SSSR count). The van der Waals surface area contributed by atoms with Gasteiger partial charge in [-0.05, 0) is 32.9 Å². The van der Waals surface area contributed by atoms with Gasteiger partial charge < -0.3 is 5.32 Å². The molecule has 2 aliphatic heterocycles. The Morgan fingerprint density at radius 3 is 2.85 bits per heavy atom. The Hall–Kier alpha value is -0.900. The minimum atomic E-state index is -0.263. The molecule has 1 fully saturated rings. The second-order valence-electron chi connectivity index (χ2n) is 3.67. The molecule has 1 amide bonds. The zero-order valence-electron chi connectivity index (χ0n) is 7.92. The highest BCUT2D eigenvalue weighted by Crippen LogP contribution is 2.32. The topological polar surface area (TPSA) is 44.7 Å². The van der Waals surface area contributed by atoms with E-state index in [0.717, 1.165) is 25.9 Å². The van der Waals surface area contributed by atoms with Gasteiger partial charge >= 0.3 is 0 Å². The van der Waals surface area contributed by atoms with E-state index in [2.05, 4.69) is 10.4 Å². The van der Waals surface area contributed by atoms with Crippen molar-refractivity contribution in [3.05, 3.63) is 0 Å². The van der Waals surface area contributed by atoms with Crippen molar-refractivity contribution in [2.75, 3.05) is 19.6 Å². The summed E-state index contributed by atoms with van der Waals surface area (Å²) in [6.07, 6.45) is 3.64. The summed E-state index contributed by atoms with van der Waals surface area (Å²) in [4.78, 5) is 11.9. The highest BCUT2D eigenvalue weighted by atomic mass is 16.2. The van der Waals surface area contributed by atoms with Crippen LogP contribution in [0, 0.1) is 5.41 Å². The van der Waals surface area contributed by atoms with Crippen LogP contribution in [0.2, 0.25) is 0 Å². The fraction of sp³-hybridized carbons (Fsp3) is 0.778. The van der Waals surface area contributed by atoms with Gasteiger partial charge in [-0.2, -0.15) is 5.10 Å². The molecule has 0 atom stereocenters. The average Bonchev–Trinajstić information content (AvgIpc) is 2.47. The van der Waals surface area contributed by atoms with Crippen molar-refractivity contribution in [2.45, 2.75) is 19.8 Å². The third-order valence-electron chi connectivity index (χ3n) is 2.90. The van der Waals surface area contributed by atoms with Crippen molar-refractivity contribution in [2.24, 2.45) is 10.5 Å². The fourth-order valence-electron chi connectivity index (χ4n) is 1.99. The summed E-state index contributed by atoms with van der Waals surface area (Å²) in [7, 11) is 0. The van der Waals surface area contributed by atoms with E-state index in [1.807, 2.05) is 13.1 Å². The lowest BCUT2D eigenvalue weighted by Gasteiger charge is -2.29. The van der Waals surface area contributed by atoms with Crippen LogP contribution in [-0.4, -0.2) is 36.8 Å². The lowest BCUT2D eigenvalue weighted by molar-refractivity contribution is -0.136. The summed E-state index contributed by atoms with van der Waals surface area (Å²) in [5, 5.41) is 8.97. The average molecular weight is 181 g/mol. The van der Waals surface area contributed by atoms with Gasteiger partial charge in [-0.15, -0.1) is 0 Å². The smallest absolute Gasteiger partial charge is 0.254 e. The summed E-state index contributed by atoms with van der Waals surface area (Å²) < 4.78 is 0. The first-order valence-corrected chi connectivity index (χ1v) is 4.86. The van der Waals surface area contributed by atoms with Gasteiger partial charge in [0.2, 0.25) is 0 Å². The highest BCUT2D eigenvalue weighted by molar-refractivity contribution is 6.02. The Morgan fingerprint density at radius 1 is 1.62 bits per heavy atom. The molecule has 0 aliphatic carbocycles. The quantitative estimate of drug-likeness (QED) is 0.628. The highest BCUT2D eigenvalue weighted by Gasteiger charge is 2.44. The van der Waals surface area contributed by atoms with Gasteiger partial charge in [0.05, 0.1) is 5.41 Å². The normalized spacial score (nSPS) is 25.9. The van der Waals surface area contributed by atoms with Crippen LogP contribution in [-0.2, 0) is 4.79 Å². The Bertz CT molecular complexity index is 243. The van der Waals surface area contributed by atoms with E-state index >= 15 is 0 Å². The SMILES string of the molecule is CCN1N=CC2(CCNCC2)C1=O. The molecule has 0 aromatic heterocycles. The van der Waals surface area contributed by atoms with Crippen molar-refractivity contribution < 1.29 is 4.79 Å². The third-order valence-corrected chi connectivity index (χ3v) is 2.90. The van der Waals surface area contributed by atoms with Crippen LogP contribution in [0.4, 0.5) is 0 Å². The first-order chi connectivity index (χ1) is 6.28. The summed E-state index contributed by atoms with van der Waals surface area (Å²) in [5.41, 5.74) is -0.263. The van der Waals surface area contributed by atoms with Gasteiger partial charge in [-0.3, -0.25) is 4.79 Å². The minimum absolute atomic E-state index is 0.191. The van der Waals surface area contributed by atoms with E-state index in [1.165, 1.54) is 0 Å². The van der Waals surface area contributed by atoms with Gasteiger partial charge in [-0.25, -0.2) is 5.01 Å². The second-order valence-corrected chi connectivity index (χ2v) is 3.67. The van der Waals surface area contributed by atoms with Crippen molar-refractivity contribution in [3.8, 4) is 0 Å².